The Bertz CT molecular complexity index is 534. The lowest BCUT2D eigenvalue weighted by Crippen LogP contribution is -2.44. The predicted octanol–water partition coefficient (Wildman–Crippen LogP) is 3.27. The molecule has 1 heterocycles. The highest BCUT2D eigenvalue weighted by molar-refractivity contribution is 6.30. The van der Waals surface area contributed by atoms with Crippen LogP contribution in [0.2, 0.25) is 5.02 Å². The number of amides is 2. The van der Waals surface area contributed by atoms with Gasteiger partial charge in [0.25, 0.3) is 5.91 Å². The molecule has 4 nitrogen and oxygen atoms in total. The molecule has 1 aromatic carbocycles. The first-order valence-corrected chi connectivity index (χ1v) is 6.49. The second-order valence-electron chi connectivity index (χ2n) is 5.49. The zero-order valence-electron chi connectivity index (χ0n) is 11.2. The first-order chi connectivity index (χ1) is 8.78. The Morgan fingerprint density at radius 2 is 2.05 bits per heavy atom. The van der Waals surface area contributed by atoms with Gasteiger partial charge in [0, 0.05) is 17.1 Å². The smallest absolute Gasteiger partial charge is 0.417 e. The van der Waals surface area contributed by atoms with Crippen molar-refractivity contribution >= 4 is 23.6 Å². The van der Waals surface area contributed by atoms with Crippen molar-refractivity contribution in [3.05, 3.63) is 34.3 Å². The summed E-state index contributed by atoms with van der Waals surface area (Å²) in [5, 5.41) is 0.595. The Balaban J connectivity index is 2.22. The molecular formula is C14H16ClNO3. The summed E-state index contributed by atoms with van der Waals surface area (Å²) in [6.07, 6.45) is -0.000890. The molecule has 0 atom stereocenters. The van der Waals surface area contributed by atoms with E-state index in [0.717, 1.165) is 10.5 Å². The summed E-state index contributed by atoms with van der Waals surface area (Å²) in [7, 11) is 0. The van der Waals surface area contributed by atoms with Crippen LogP contribution in [0.3, 0.4) is 0 Å². The van der Waals surface area contributed by atoms with E-state index in [9.17, 15) is 9.59 Å². The number of imide groups is 1. The standard InChI is InChI=1S/C14H16ClNO3/c1-14(2,3)19-13(18)16-7-6-9-8-10(15)4-5-11(9)12(16)17/h4-5,8H,6-7H2,1-3H3. The van der Waals surface area contributed by atoms with E-state index >= 15 is 0 Å². The van der Waals surface area contributed by atoms with Crippen LogP contribution < -0.4 is 0 Å². The lowest BCUT2D eigenvalue weighted by atomic mass is 9.99. The number of ether oxygens (including phenoxy) is 1. The lowest BCUT2D eigenvalue weighted by Gasteiger charge is -2.29. The Kier molecular flexibility index (Phi) is 3.54. The van der Waals surface area contributed by atoms with E-state index in [2.05, 4.69) is 0 Å². The molecule has 2 rings (SSSR count). The van der Waals surface area contributed by atoms with Crippen LogP contribution in [-0.2, 0) is 11.2 Å². The van der Waals surface area contributed by atoms with Crippen LogP contribution in [0, 0.1) is 0 Å². The number of carbonyl (C=O) groups excluding carboxylic acids is 2. The molecule has 0 radical (unpaired) electrons. The SMILES string of the molecule is CC(C)(C)OC(=O)N1CCc2cc(Cl)ccc2C1=O. The van der Waals surface area contributed by atoms with Crippen molar-refractivity contribution in [2.75, 3.05) is 6.54 Å². The van der Waals surface area contributed by atoms with E-state index in [-0.39, 0.29) is 5.91 Å². The second-order valence-corrected chi connectivity index (χ2v) is 5.93. The number of rotatable bonds is 0. The minimum Gasteiger partial charge on any atom is -0.443 e. The van der Waals surface area contributed by atoms with Crippen LogP contribution in [0.5, 0.6) is 0 Å². The first kappa shape index (κ1) is 13.9. The molecule has 5 heteroatoms. The highest BCUT2D eigenvalue weighted by atomic mass is 35.5. The second kappa shape index (κ2) is 4.85. The fourth-order valence-corrected chi connectivity index (χ4v) is 2.14. The van der Waals surface area contributed by atoms with E-state index in [1.807, 2.05) is 0 Å². The topological polar surface area (TPSA) is 46.6 Å². The largest absolute Gasteiger partial charge is 0.443 e. The number of benzene rings is 1. The lowest BCUT2D eigenvalue weighted by molar-refractivity contribution is 0.0233. The third kappa shape index (κ3) is 3.07. The molecule has 0 spiro atoms. The molecule has 102 valence electrons. The molecule has 1 aromatic rings. The van der Waals surface area contributed by atoms with Crippen molar-refractivity contribution in [3.63, 3.8) is 0 Å². The van der Waals surface area contributed by atoms with Gasteiger partial charge in [-0.25, -0.2) is 9.69 Å². The van der Waals surface area contributed by atoms with Crippen LogP contribution in [-0.4, -0.2) is 29.0 Å². The van der Waals surface area contributed by atoms with Gasteiger partial charge >= 0.3 is 6.09 Å². The van der Waals surface area contributed by atoms with Gasteiger partial charge < -0.3 is 4.74 Å². The molecule has 0 bridgehead atoms. The van der Waals surface area contributed by atoms with Crippen molar-refractivity contribution in [3.8, 4) is 0 Å². The van der Waals surface area contributed by atoms with Gasteiger partial charge in [0.15, 0.2) is 0 Å². The zero-order valence-corrected chi connectivity index (χ0v) is 12.0. The van der Waals surface area contributed by atoms with Crippen molar-refractivity contribution in [1.29, 1.82) is 0 Å². The van der Waals surface area contributed by atoms with Crippen LogP contribution >= 0.6 is 11.6 Å². The van der Waals surface area contributed by atoms with E-state index in [4.69, 9.17) is 16.3 Å². The van der Waals surface area contributed by atoms with Crippen molar-refractivity contribution < 1.29 is 14.3 Å². The van der Waals surface area contributed by atoms with E-state index < -0.39 is 11.7 Å². The number of nitrogens with zero attached hydrogens (tertiary/aromatic N) is 1. The molecule has 1 aliphatic heterocycles. The summed E-state index contributed by atoms with van der Waals surface area (Å²) < 4.78 is 5.23. The highest BCUT2D eigenvalue weighted by Crippen LogP contribution is 2.23. The van der Waals surface area contributed by atoms with Gasteiger partial charge in [-0.15, -0.1) is 0 Å². The summed E-state index contributed by atoms with van der Waals surface area (Å²) in [6.45, 7) is 5.63. The molecule has 0 aromatic heterocycles. The molecule has 0 N–H and O–H groups in total. The van der Waals surface area contributed by atoms with Crippen LogP contribution in [0.1, 0.15) is 36.7 Å². The molecular weight excluding hydrogens is 266 g/mol. The molecule has 0 saturated heterocycles. The maximum absolute atomic E-state index is 12.2. The molecule has 0 saturated carbocycles. The Hall–Kier alpha value is -1.55. The van der Waals surface area contributed by atoms with Gasteiger partial charge in [-0.2, -0.15) is 0 Å². The molecule has 0 unspecified atom stereocenters. The predicted molar refractivity (Wildman–Crippen MR) is 72.4 cm³/mol. The summed E-state index contributed by atoms with van der Waals surface area (Å²) in [5.74, 6) is -0.327. The fraction of sp³-hybridized carbons (Fsp3) is 0.429. The Morgan fingerprint density at radius 3 is 2.68 bits per heavy atom. The number of hydrogen-bond acceptors (Lipinski definition) is 3. The molecule has 19 heavy (non-hydrogen) atoms. The maximum atomic E-state index is 12.2. The summed E-state index contributed by atoms with van der Waals surface area (Å²) in [4.78, 5) is 25.3. The van der Waals surface area contributed by atoms with E-state index in [1.54, 1.807) is 39.0 Å². The highest BCUT2D eigenvalue weighted by Gasteiger charge is 2.32. The monoisotopic (exact) mass is 281 g/mol. The minimum absolute atomic E-state index is 0.321. The van der Waals surface area contributed by atoms with Gasteiger partial charge in [-0.05, 0) is 51.0 Å². The van der Waals surface area contributed by atoms with E-state index in [0.29, 0.717) is 23.6 Å². The quantitative estimate of drug-likeness (QED) is 0.733. The maximum Gasteiger partial charge on any atom is 0.417 e. The number of hydrogen-bond donors (Lipinski definition) is 0. The van der Waals surface area contributed by atoms with Gasteiger partial charge in [-0.3, -0.25) is 4.79 Å². The summed E-state index contributed by atoms with van der Waals surface area (Å²) >= 11 is 5.89. The first-order valence-electron chi connectivity index (χ1n) is 6.11. The van der Waals surface area contributed by atoms with Gasteiger partial charge in [0.2, 0.25) is 0 Å². The fourth-order valence-electron chi connectivity index (χ4n) is 1.95. The summed E-state index contributed by atoms with van der Waals surface area (Å²) in [5.41, 5.74) is 0.774. The van der Waals surface area contributed by atoms with Gasteiger partial charge in [-0.1, -0.05) is 11.6 Å². The van der Waals surface area contributed by atoms with Crippen molar-refractivity contribution in [2.24, 2.45) is 0 Å². The number of halogens is 1. The molecule has 0 fully saturated rings. The molecule has 1 aliphatic rings. The van der Waals surface area contributed by atoms with Crippen molar-refractivity contribution in [1.82, 2.24) is 4.90 Å². The summed E-state index contributed by atoms with van der Waals surface area (Å²) in [6, 6.07) is 5.06. The average molecular weight is 282 g/mol. The minimum atomic E-state index is -0.613. The average Bonchev–Trinajstić information content (AvgIpc) is 2.26. The molecule has 2 amide bonds. The van der Waals surface area contributed by atoms with E-state index in [1.165, 1.54) is 0 Å². The third-order valence-electron chi connectivity index (χ3n) is 2.76. The van der Waals surface area contributed by atoms with Crippen LogP contribution in [0.15, 0.2) is 18.2 Å². The van der Waals surface area contributed by atoms with Crippen LogP contribution in [0.4, 0.5) is 4.79 Å². The molecule has 0 aliphatic carbocycles. The normalized spacial score (nSPS) is 15.2. The third-order valence-corrected chi connectivity index (χ3v) is 3.00. The number of fused-ring (bicyclic) bond motifs is 1. The Morgan fingerprint density at radius 1 is 1.37 bits per heavy atom. The number of carbonyl (C=O) groups is 2. The van der Waals surface area contributed by atoms with Crippen LogP contribution in [0.25, 0.3) is 0 Å². The zero-order chi connectivity index (χ0) is 14.2. The Labute approximate surface area is 117 Å². The van der Waals surface area contributed by atoms with Gasteiger partial charge in [0.1, 0.15) is 5.60 Å². The van der Waals surface area contributed by atoms with Crippen molar-refractivity contribution in [2.45, 2.75) is 32.8 Å². The van der Waals surface area contributed by atoms with Gasteiger partial charge in [0.05, 0.1) is 0 Å².